The van der Waals surface area contributed by atoms with Crippen LogP contribution in [-0.4, -0.2) is 32.3 Å². The minimum atomic E-state index is -3.67. The zero-order valence-corrected chi connectivity index (χ0v) is 15.7. The van der Waals surface area contributed by atoms with Crippen LogP contribution in [0.4, 0.5) is 0 Å². The van der Waals surface area contributed by atoms with Crippen molar-refractivity contribution in [3.63, 3.8) is 0 Å². The second-order valence-corrected chi connectivity index (χ2v) is 8.58. The van der Waals surface area contributed by atoms with E-state index in [0.717, 1.165) is 31.5 Å². The molecular weight excluding hydrogens is 348 g/mol. The van der Waals surface area contributed by atoms with Gasteiger partial charge in [-0.2, -0.15) is 0 Å². The van der Waals surface area contributed by atoms with Crippen molar-refractivity contribution in [2.75, 3.05) is 13.1 Å². The Morgan fingerprint density at radius 1 is 1.08 bits per heavy atom. The summed E-state index contributed by atoms with van der Waals surface area (Å²) in [5, 5.41) is 0. The molecule has 0 atom stereocenters. The second kappa shape index (κ2) is 8.01. The van der Waals surface area contributed by atoms with Gasteiger partial charge in [-0.25, -0.2) is 13.1 Å². The molecule has 0 aromatic heterocycles. The maximum absolute atomic E-state index is 12.7. The minimum absolute atomic E-state index is 0.1000. The Morgan fingerprint density at radius 3 is 2.46 bits per heavy atom. The van der Waals surface area contributed by atoms with Crippen LogP contribution in [0.25, 0.3) is 0 Å². The van der Waals surface area contributed by atoms with Gasteiger partial charge in [0.15, 0.2) is 0 Å². The van der Waals surface area contributed by atoms with Gasteiger partial charge in [0.25, 0.3) is 5.91 Å². The van der Waals surface area contributed by atoms with E-state index in [1.165, 1.54) is 12.1 Å². The third-order valence-corrected chi connectivity index (χ3v) is 6.17. The van der Waals surface area contributed by atoms with Crippen LogP contribution < -0.4 is 4.72 Å². The molecule has 26 heavy (non-hydrogen) atoms. The van der Waals surface area contributed by atoms with Crippen molar-refractivity contribution < 1.29 is 13.2 Å². The van der Waals surface area contributed by atoms with Crippen molar-refractivity contribution in [1.29, 1.82) is 0 Å². The van der Waals surface area contributed by atoms with Crippen molar-refractivity contribution in [2.24, 2.45) is 5.92 Å². The Labute approximate surface area is 155 Å². The van der Waals surface area contributed by atoms with Crippen LogP contribution >= 0.6 is 0 Å². The number of likely N-dealkylation sites (tertiary alicyclic amines) is 1. The van der Waals surface area contributed by atoms with Crippen LogP contribution in [-0.2, 0) is 16.6 Å². The summed E-state index contributed by atoms with van der Waals surface area (Å²) in [4.78, 5) is 14.6. The smallest absolute Gasteiger partial charge is 0.253 e. The summed E-state index contributed by atoms with van der Waals surface area (Å²) in [6.45, 7) is 3.85. The fourth-order valence-corrected chi connectivity index (χ4v) is 4.11. The van der Waals surface area contributed by atoms with Crippen LogP contribution in [0.1, 0.15) is 35.7 Å². The first-order valence-corrected chi connectivity index (χ1v) is 10.4. The SMILES string of the molecule is CC1CCN(C(=O)c2cccc(S(=O)(=O)NCc3ccccc3)c2)CC1. The maximum atomic E-state index is 12.7. The molecule has 0 unspecified atom stereocenters. The van der Waals surface area contributed by atoms with Crippen LogP contribution in [0.3, 0.4) is 0 Å². The molecule has 0 radical (unpaired) electrons. The lowest BCUT2D eigenvalue weighted by Crippen LogP contribution is -2.38. The summed E-state index contributed by atoms with van der Waals surface area (Å²) in [5.74, 6) is 0.532. The Hall–Kier alpha value is -2.18. The van der Waals surface area contributed by atoms with E-state index in [1.807, 2.05) is 35.2 Å². The third kappa shape index (κ3) is 4.51. The molecule has 1 aliphatic heterocycles. The van der Waals surface area contributed by atoms with Crippen LogP contribution in [0, 0.1) is 5.92 Å². The molecule has 0 saturated carbocycles. The molecule has 6 heteroatoms. The van der Waals surface area contributed by atoms with Gasteiger partial charge < -0.3 is 4.90 Å². The lowest BCUT2D eigenvalue weighted by atomic mass is 9.98. The zero-order chi connectivity index (χ0) is 18.6. The van der Waals surface area contributed by atoms with Crippen LogP contribution in [0.15, 0.2) is 59.5 Å². The number of hydrogen-bond acceptors (Lipinski definition) is 3. The highest BCUT2D eigenvalue weighted by atomic mass is 32.2. The molecule has 2 aromatic rings. The molecule has 1 heterocycles. The summed E-state index contributed by atoms with van der Waals surface area (Å²) in [6, 6.07) is 15.6. The van der Waals surface area contributed by atoms with E-state index in [2.05, 4.69) is 11.6 Å². The first kappa shape index (κ1) is 18.6. The number of rotatable bonds is 5. The average molecular weight is 372 g/mol. The van der Waals surface area contributed by atoms with E-state index in [-0.39, 0.29) is 17.3 Å². The molecule has 1 saturated heterocycles. The molecular formula is C20H24N2O3S. The van der Waals surface area contributed by atoms with Crippen molar-refractivity contribution in [1.82, 2.24) is 9.62 Å². The van der Waals surface area contributed by atoms with Crippen molar-refractivity contribution in [3.05, 3.63) is 65.7 Å². The Bertz CT molecular complexity index is 858. The second-order valence-electron chi connectivity index (χ2n) is 6.81. The first-order valence-electron chi connectivity index (χ1n) is 8.88. The monoisotopic (exact) mass is 372 g/mol. The van der Waals surface area contributed by atoms with Gasteiger partial charge in [-0.15, -0.1) is 0 Å². The largest absolute Gasteiger partial charge is 0.339 e. The number of amides is 1. The summed E-state index contributed by atoms with van der Waals surface area (Å²) >= 11 is 0. The lowest BCUT2D eigenvalue weighted by Gasteiger charge is -2.30. The van der Waals surface area contributed by atoms with Crippen LogP contribution in [0.2, 0.25) is 0 Å². The number of sulfonamides is 1. The topological polar surface area (TPSA) is 66.5 Å². The average Bonchev–Trinajstić information content (AvgIpc) is 2.67. The molecule has 1 amide bonds. The van der Waals surface area contributed by atoms with Gasteiger partial charge in [0.1, 0.15) is 0 Å². The highest BCUT2D eigenvalue weighted by Gasteiger charge is 2.23. The normalized spacial score (nSPS) is 15.8. The summed E-state index contributed by atoms with van der Waals surface area (Å²) < 4.78 is 27.7. The van der Waals surface area contributed by atoms with Gasteiger partial charge >= 0.3 is 0 Å². The molecule has 0 aliphatic carbocycles. The zero-order valence-electron chi connectivity index (χ0n) is 14.9. The number of nitrogens with zero attached hydrogens (tertiary/aromatic N) is 1. The van der Waals surface area contributed by atoms with E-state index in [1.54, 1.807) is 12.1 Å². The Balaban J connectivity index is 1.72. The summed E-state index contributed by atoms with van der Waals surface area (Å²) in [6.07, 6.45) is 1.98. The Kier molecular flexibility index (Phi) is 5.74. The van der Waals surface area contributed by atoms with Gasteiger partial charge in [0, 0.05) is 25.2 Å². The fourth-order valence-electron chi connectivity index (χ4n) is 3.05. The standard InChI is InChI=1S/C20H24N2O3S/c1-16-10-12-22(13-11-16)20(23)18-8-5-9-19(14-18)26(24,25)21-15-17-6-3-2-4-7-17/h2-9,14,16,21H,10-13,15H2,1H3. The number of nitrogens with one attached hydrogen (secondary N) is 1. The quantitative estimate of drug-likeness (QED) is 0.877. The molecule has 2 aromatic carbocycles. The van der Waals surface area contributed by atoms with Crippen molar-refractivity contribution in [2.45, 2.75) is 31.2 Å². The highest BCUT2D eigenvalue weighted by molar-refractivity contribution is 7.89. The van der Waals surface area contributed by atoms with Gasteiger partial charge in [-0.1, -0.05) is 43.3 Å². The van der Waals surface area contributed by atoms with E-state index >= 15 is 0 Å². The van der Waals surface area contributed by atoms with E-state index in [9.17, 15) is 13.2 Å². The number of piperidine rings is 1. The maximum Gasteiger partial charge on any atom is 0.253 e. The number of hydrogen-bond donors (Lipinski definition) is 1. The third-order valence-electron chi connectivity index (χ3n) is 4.77. The van der Waals surface area contributed by atoms with Gasteiger partial charge in [-0.3, -0.25) is 4.79 Å². The van der Waals surface area contributed by atoms with Crippen molar-refractivity contribution in [3.8, 4) is 0 Å². The van der Waals surface area contributed by atoms with Crippen LogP contribution in [0.5, 0.6) is 0 Å². The predicted molar refractivity (Wildman–Crippen MR) is 101 cm³/mol. The van der Waals surface area contributed by atoms with E-state index in [0.29, 0.717) is 11.5 Å². The molecule has 0 spiro atoms. The number of benzene rings is 2. The molecule has 3 rings (SSSR count). The number of carbonyl (C=O) groups excluding carboxylic acids is 1. The summed E-state index contributed by atoms with van der Waals surface area (Å²) in [7, 11) is -3.67. The number of carbonyl (C=O) groups is 1. The molecule has 5 nitrogen and oxygen atoms in total. The first-order chi connectivity index (χ1) is 12.5. The van der Waals surface area contributed by atoms with Crippen molar-refractivity contribution >= 4 is 15.9 Å². The van der Waals surface area contributed by atoms with E-state index in [4.69, 9.17) is 0 Å². The van der Waals surface area contributed by atoms with Gasteiger partial charge in [0.2, 0.25) is 10.0 Å². The minimum Gasteiger partial charge on any atom is -0.339 e. The molecule has 1 N–H and O–H groups in total. The molecule has 138 valence electrons. The molecule has 1 aliphatic rings. The van der Waals surface area contributed by atoms with Gasteiger partial charge in [-0.05, 0) is 42.5 Å². The van der Waals surface area contributed by atoms with E-state index < -0.39 is 10.0 Å². The molecule has 0 bridgehead atoms. The highest BCUT2D eigenvalue weighted by Crippen LogP contribution is 2.19. The Morgan fingerprint density at radius 2 is 1.77 bits per heavy atom. The lowest BCUT2D eigenvalue weighted by molar-refractivity contribution is 0.0697. The fraction of sp³-hybridized carbons (Fsp3) is 0.350. The molecule has 1 fully saturated rings. The predicted octanol–water partition coefficient (Wildman–Crippen LogP) is 3.04. The summed E-state index contributed by atoms with van der Waals surface area (Å²) in [5.41, 5.74) is 1.30. The van der Waals surface area contributed by atoms with Gasteiger partial charge in [0.05, 0.1) is 4.90 Å².